The van der Waals surface area contributed by atoms with Crippen molar-refractivity contribution >= 4 is 0 Å². The van der Waals surface area contributed by atoms with Gasteiger partial charge in [0.05, 0.1) is 6.33 Å². The standard InChI is InChI=1S/C13H23N3/c1-12-3-2-4-13(9-12)10-14-5-7-16-8-6-15-11-16/h6,8,11-14H,2-5,7,9-10H2,1H3. The quantitative estimate of drug-likeness (QED) is 0.773. The first-order valence-electron chi connectivity index (χ1n) is 6.51. The predicted molar refractivity (Wildman–Crippen MR) is 66.2 cm³/mol. The molecular weight excluding hydrogens is 198 g/mol. The van der Waals surface area contributed by atoms with E-state index < -0.39 is 0 Å². The molecule has 0 amide bonds. The number of imidazole rings is 1. The number of nitrogens with one attached hydrogen (secondary N) is 1. The second-order valence-corrected chi connectivity index (χ2v) is 5.14. The molecule has 90 valence electrons. The van der Waals surface area contributed by atoms with Gasteiger partial charge in [-0.25, -0.2) is 4.98 Å². The van der Waals surface area contributed by atoms with Crippen LogP contribution in [0.5, 0.6) is 0 Å². The average molecular weight is 221 g/mol. The van der Waals surface area contributed by atoms with Gasteiger partial charge >= 0.3 is 0 Å². The lowest BCUT2D eigenvalue weighted by Crippen LogP contribution is -2.28. The Hall–Kier alpha value is -0.830. The molecule has 1 aromatic heterocycles. The maximum absolute atomic E-state index is 4.04. The number of nitrogens with zero attached hydrogens (tertiary/aromatic N) is 2. The Morgan fingerprint density at radius 1 is 1.44 bits per heavy atom. The lowest BCUT2D eigenvalue weighted by Gasteiger charge is -2.26. The molecule has 16 heavy (non-hydrogen) atoms. The van der Waals surface area contributed by atoms with Gasteiger partial charge in [-0.15, -0.1) is 0 Å². The molecule has 0 aromatic carbocycles. The van der Waals surface area contributed by atoms with Gasteiger partial charge in [-0.05, 0) is 31.2 Å². The van der Waals surface area contributed by atoms with Crippen LogP contribution >= 0.6 is 0 Å². The van der Waals surface area contributed by atoms with E-state index in [2.05, 4.69) is 21.8 Å². The minimum Gasteiger partial charge on any atom is -0.336 e. The minimum atomic E-state index is 0.909. The van der Waals surface area contributed by atoms with E-state index >= 15 is 0 Å². The fourth-order valence-corrected chi connectivity index (χ4v) is 2.68. The van der Waals surface area contributed by atoms with Gasteiger partial charge < -0.3 is 9.88 Å². The second-order valence-electron chi connectivity index (χ2n) is 5.14. The van der Waals surface area contributed by atoms with Crippen LogP contribution in [-0.2, 0) is 6.54 Å². The third kappa shape index (κ3) is 3.63. The van der Waals surface area contributed by atoms with E-state index in [0.717, 1.165) is 24.9 Å². The van der Waals surface area contributed by atoms with Crippen LogP contribution in [0, 0.1) is 11.8 Å². The first-order chi connectivity index (χ1) is 7.84. The van der Waals surface area contributed by atoms with E-state index in [1.165, 1.54) is 32.2 Å². The van der Waals surface area contributed by atoms with E-state index in [9.17, 15) is 0 Å². The number of hydrogen-bond acceptors (Lipinski definition) is 2. The van der Waals surface area contributed by atoms with Crippen LogP contribution in [0.2, 0.25) is 0 Å². The van der Waals surface area contributed by atoms with E-state index in [1.807, 2.05) is 18.7 Å². The summed E-state index contributed by atoms with van der Waals surface area (Å²) in [7, 11) is 0. The molecule has 1 saturated carbocycles. The molecule has 3 nitrogen and oxygen atoms in total. The fourth-order valence-electron chi connectivity index (χ4n) is 2.68. The van der Waals surface area contributed by atoms with Gasteiger partial charge in [-0.1, -0.05) is 19.8 Å². The maximum Gasteiger partial charge on any atom is 0.0946 e. The van der Waals surface area contributed by atoms with Gasteiger partial charge in [-0.2, -0.15) is 0 Å². The second kappa shape index (κ2) is 6.04. The van der Waals surface area contributed by atoms with Crippen molar-refractivity contribution in [2.75, 3.05) is 13.1 Å². The third-order valence-electron chi connectivity index (χ3n) is 3.58. The highest BCUT2D eigenvalue weighted by atomic mass is 15.0. The van der Waals surface area contributed by atoms with E-state index in [0.29, 0.717) is 0 Å². The van der Waals surface area contributed by atoms with E-state index in [1.54, 1.807) is 0 Å². The molecule has 1 aliphatic carbocycles. The molecule has 2 unspecified atom stereocenters. The summed E-state index contributed by atoms with van der Waals surface area (Å²) in [5, 5.41) is 3.57. The summed E-state index contributed by atoms with van der Waals surface area (Å²) in [5.74, 6) is 1.85. The Kier molecular flexibility index (Phi) is 4.40. The summed E-state index contributed by atoms with van der Waals surface area (Å²) in [6, 6.07) is 0. The normalized spacial score (nSPS) is 25.8. The highest BCUT2D eigenvalue weighted by Crippen LogP contribution is 2.27. The van der Waals surface area contributed by atoms with Crippen molar-refractivity contribution in [3.63, 3.8) is 0 Å². The summed E-state index contributed by atoms with van der Waals surface area (Å²) < 4.78 is 2.12. The van der Waals surface area contributed by atoms with Gasteiger partial charge in [0.15, 0.2) is 0 Å². The van der Waals surface area contributed by atoms with Crippen LogP contribution in [0.15, 0.2) is 18.7 Å². The molecule has 1 aliphatic rings. The molecule has 0 bridgehead atoms. The maximum atomic E-state index is 4.04. The summed E-state index contributed by atoms with van der Waals surface area (Å²) in [4.78, 5) is 4.04. The van der Waals surface area contributed by atoms with Crippen molar-refractivity contribution in [3.8, 4) is 0 Å². The summed E-state index contributed by atoms with van der Waals surface area (Å²) >= 11 is 0. The van der Waals surface area contributed by atoms with Crippen LogP contribution < -0.4 is 5.32 Å². The molecule has 1 heterocycles. The number of hydrogen-bond donors (Lipinski definition) is 1. The Balaban J connectivity index is 1.57. The first kappa shape index (κ1) is 11.6. The van der Waals surface area contributed by atoms with Crippen molar-refractivity contribution in [3.05, 3.63) is 18.7 Å². The van der Waals surface area contributed by atoms with Gasteiger partial charge in [-0.3, -0.25) is 0 Å². The van der Waals surface area contributed by atoms with Gasteiger partial charge in [0.2, 0.25) is 0 Å². The van der Waals surface area contributed by atoms with Crippen LogP contribution in [0.1, 0.15) is 32.6 Å². The van der Waals surface area contributed by atoms with Crippen LogP contribution in [0.4, 0.5) is 0 Å². The van der Waals surface area contributed by atoms with Crippen LogP contribution in [0.3, 0.4) is 0 Å². The summed E-state index contributed by atoms with van der Waals surface area (Å²) in [5.41, 5.74) is 0. The van der Waals surface area contributed by atoms with Crippen LogP contribution in [0.25, 0.3) is 0 Å². The number of rotatable bonds is 5. The largest absolute Gasteiger partial charge is 0.336 e. The molecule has 2 atom stereocenters. The fraction of sp³-hybridized carbons (Fsp3) is 0.769. The third-order valence-corrected chi connectivity index (χ3v) is 3.58. The van der Waals surface area contributed by atoms with E-state index in [4.69, 9.17) is 0 Å². The molecule has 1 aromatic rings. The summed E-state index contributed by atoms with van der Waals surface area (Å²) in [6.45, 7) is 5.67. The minimum absolute atomic E-state index is 0.909. The highest BCUT2D eigenvalue weighted by Gasteiger charge is 2.17. The first-order valence-corrected chi connectivity index (χ1v) is 6.51. The Bertz CT molecular complexity index is 281. The average Bonchev–Trinajstić information content (AvgIpc) is 2.77. The Morgan fingerprint density at radius 2 is 2.38 bits per heavy atom. The zero-order chi connectivity index (χ0) is 11.2. The van der Waals surface area contributed by atoms with Crippen molar-refractivity contribution in [2.24, 2.45) is 11.8 Å². The van der Waals surface area contributed by atoms with Crippen LogP contribution in [-0.4, -0.2) is 22.6 Å². The lowest BCUT2D eigenvalue weighted by atomic mass is 9.82. The van der Waals surface area contributed by atoms with E-state index in [-0.39, 0.29) is 0 Å². The van der Waals surface area contributed by atoms with Crippen molar-refractivity contribution in [2.45, 2.75) is 39.2 Å². The SMILES string of the molecule is CC1CCCC(CNCCn2ccnc2)C1. The zero-order valence-electron chi connectivity index (χ0n) is 10.2. The monoisotopic (exact) mass is 221 g/mol. The van der Waals surface area contributed by atoms with Crippen molar-refractivity contribution in [1.82, 2.24) is 14.9 Å². The molecule has 0 saturated heterocycles. The summed E-state index contributed by atoms with van der Waals surface area (Å²) in [6.07, 6.45) is 11.4. The molecule has 3 heteroatoms. The highest BCUT2D eigenvalue weighted by molar-refractivity contribution is 4.75. The van der Waals surface area contributed by atoms with Gasteiger partial charge in [0.1, 0.15) is 0 Å². The smallest absolute Gasteiger partial charge is 0.0946 e. The lowest BCUT2D eigenvalue weighted by molar-refractivity contribution is 0.274. The zero-order valence-corrected chi connectivity index (χ0v) is 10.2. The molecule has 2 rings (SSSR count). The Labute approximate surface area is 98.3 Å². The molecule has 0 aliphatic heterocycles. The topological polar surface area (TPSA) is 29.9 Å². The predicted octanol–water partition coefficient (Wildman–Crippen LogP) is 2.30. The molecule has 0 spiro atoms. The molecule has 1 N–H and O–H groups in total. The van der Waals surface area contributed by atoms with Gasteiger partial charge in [0, 0.05) is 25.5 Å². The van der Waals surface area contributed by atoms with Crippen molar-refractivity contribution in [1.29, 1.82) is 0 Å². The molecule has 0 radical (unpaired) electrons. The van der Waals surface area contributed by atoms with Crippen molar-refractivity contribution < 1.29 is 0 Å². The molecular formula is C13H23N3. The number of aromatic nitrogens is 2. The Morgan fingerprint density at radius 3 is 3.12 bits per heavy atom. The molecule has 1 fully saturated rings. The van der Waals surface area contributed by atoms with Gasteiger partial charge in [0.25, 0.3) is 0 Å².